The molecule has 0 radical (unpaired) electrons. The zero-order valence-electron chi connectivity index (χ0n) is 9.71. The van der Waals surface area contributed by atoms with Gasteiger partial charge in [-0.15, -0.1) is 0 Å². The minimum absolute atomic E-state index is 0.246. The third kappa shape index (κ3) is 2.03. The highest BCUT2D eigenvalue weighted by atomic mass is 16.5. The first-order valence-corrected chi connectivity index (χ1v) is 5.05. The molecular weight excluding hydrogens is 224 g/mol. The molecule has 0 saturated carbocycles. The molecule has 0 spiro atoms. The lowest BCUT2D eigenvalue weighted by molar-refractivity contribution is -0.144. The van der Waals surface area contributed by atoms with Gasteiger partial charge in [-0.25, -0.2) is 9.78 Å². The lowest BCUT2D eigenvalue weighted by atomic mass is 10.4. The van der Waals surface area contributed by atoms with Gasteiger partial charge in [0.15, 0.2) is 11.8 Å². The van der Waals surface area contributed by atoms with Crippen LogP contribution in [-0.4, -0.2) is 36.9 Å². The number of fused-ring (bicyclic) bond motifs is 1. The van der Waals surface area contributed by atoms with Crippen molar-refractivity contribution in [1.82, 2.24) is 19.7 Å². The van der Waals surface area contributed by atoms with E-state index in [0.717, 1.165) is 0 Å². The standard InChI is InChI=1S/C10H12N4O3/c1-5(10(15)16)17-9-7-4-11-14(3)8(7)12-6(2)13-9/h4-5H,1-3H3,(H,15,16). The molecule has 0 fully saturated rings. The van der Waals surface area contributed by atoms with Gasteiger partial charge < -0.3 is 9.84 Å². The fraction of sp³-hybridized carbons (Fsp3) is 0.400. The third-order valence-electron chi connectivity index (χ3n) is 2.31. The predicted molar refractivity (Wildman–Crippen MR) is 58.8 cm³/mol. The highest BCUT2D eigenvalue weighted by Gasteiger charge is 2.17. The van der Waals surface area contributed by atoms with Gasteiger partial charge in [0.25, 0.3) is 0 Å². The van der Waals surface area contributed by atoms with Gasteiger partial charge in [0.2, 0.25) is 5.88 Å². The molecule has 90 valence electrons. The Hall–Kier alpha value is -2.18. The maximum atomic E-state index is 10.7. The molecule has 2 aromatic rings. The smallest absolute Gasteiger partial charge is 0.344 e. The summed E-state index contributed by atoms with van der Waals surface area (Å²) in [6, 6.07) is 0. The number of hydrogen-bond donors (Lipinski definition) is 1. The SMILES string of the molecule is Cc1nc(OC(C)C(=O)O)c2cnn(C)c2n1. The number of aliphatic carboxylic acids is 1. The first-order valence-electron chi connectivity index (χ1n) is 5.05. The van der Waals surface area contributed by atoms with E-state index in [0.29, 0.717) is 16.9 Å². The number of aromatic nitrogens is 4. The average Bonchev–Trinajstić information content (AvgIpc) is 2.60. The number of rotatable bonds is 3. The number of hydrogen-bond acceptors (Lipinski definition) is 5. The van der Waals surface area contributed by atoms with E-state index in [4.69, 9.17) is 9.84 Å². The molecular formula is C10H12N4O3. The van der Waals surface area contributed by atoms with Crippen LogP contribution in [0.15, 0.2) is 6.20 Å². The summed E-state index contributed by atoms with van der Waals surface area (Å²) in [5.41, 5.74) is 0.616. The molecule has 7 heteroatoms. The molecule has 1 N–H and O–H groups in total. The van der Waals surface area contributed by atoms with Crippen LogP contribution in [0.25, 0.3) is 11.0 Å². The van der Waals surface area contributed by atoms with Gasteiger partial charge in [-0.1, -0.05) is 0 Å². The van der Waals surface area contributed by atoms with Crippen molar-refractivity contribution in [2.75, 3.05) is 0 Å². The number of carboxylic acid groups (broad SMARTS) is 1. The van der Waals surface area contributed by atoms with Gasteiger partial charge in [-0.05, 0) is 13.8 Å². The van der Waals surface area contributed by atoms with Crippen molar-refractivity contribution in [2.24, 2.45) is 7.05 Å². The fourth-order valence-electron chi connectivity index (χ4n) is 1.41. The molecule has 17 heavy (non-hydrogen) atoms. The number of aryl methyl sites for hydroxylation is 2. The normalized spacial score (nSPS) is 12.6. The number of ether oxygens (including phenoxy) is 1. The van der Waals surface area contributed by atoms with Crippen molar-refractivity contribution in [3.8, 4) is 5.88 Å². The summed E-state index contributed by atoms with van der Waals surface area (Å²) in [5, 5.41) is 13.4. The van der Waals surface area contributed by atoms with Crippen molar-refractivity contribution >= 4 is 17.0 Å². The Kier molecular flexibility index (Phi) is 2.66. The Morgan fingerprint density at radius 2 is 2.24 bits per heavy atom. The van der Waals surface area contributed by atoms with Crippen LogP contribution in [0.4, 0.5) is 0 Å². The molecule has 2 heterocycles. The van der Waals surface area contributed by atoms with E-state index in [1.807, 2.05) is 0 Å². The minimum atomic E-state index is -1.04. The van der Waals surface area contributed by atoms with Crippen molar-refractivity contribution in [2.45, 2.75) is 20.0 Å². The second-order valence-corrected chi connectivity index (χ2v) is 3.68. The Bertz CT molecular complexity index is 578. The summed E-state index contributed by atoms with van der Waals surface area (Å²) in [7, 11) is 1.75. The molecule has 0 aliphatic carbocycles. The van der Waals surface area contributed by atoms with Crippen LogP contribution in [0.1, 0.15) is 12.7 Å². The van der Waals surface area contributed by atoms with Gasteiger partial charge in [0.05, 0.1) is 6.20 Å². The molecule has 2 aromatic heterocycles. The number of nitrogens with zero attached hydrogens (tertiary/aromatic N) is 4. The quantitative estimate of drug-likeness (QED) is 0.835. The Morgan fingerprint density at radius 1 is 1.53 bits per heavy atom. The van der Waals surface area contributed by atoms with Gasteiger partial charge in [-0.3, -0.25) is 4.68 Å². The van der Waals surface area contributed by atoms with Crippen LogP contribution in [-0.2, 0) is 11.8 Å². The minimum Gasteiger partial charge on any atom is -0.479 e. The molecule has 0 aliphatic heterocycles. The van der Waals surface area contributed by atoms with Crippen molar-refractivity contribution in [3.63, 3.8) is 0 Å². The molecule has 0 aliphatic rings. The lowest BCUT2D eigenvalue weighted by Crippen LogP contribution is -2.23. The maximum Gasteiger partial charge on any atom is 0.344 e. The lowest BCUT2D eigenvalue weighted by Gasteiger charge is -2.10. The Labute approximate surface area is 97.1 Å². The van der Waals surface area contributed by atoms with Gasteiger partial charge >= 0.3 is 5.97 Å². The van der Waals surface area contributed by atoms with Crippen molar-refractivity contribution < 1.29 is 14.6 Å². The van der Waals surface area contributed by atoms with Crippen LogP contribution < -0.4 is 4.74 Å². The van der Waals surface area contributed by atoms with E-state index in [1.165, 1.54) is 6.92 Å². The van der Waals surface area contributed by atoms with Crippen LogP contribution in [0.5, 0.6) is 5.88 Å². The highest BCUT2D eigenvalue weighted by Crippen LogP contribution is 2.22. The predicted octanol–water partition coefficient (Wildman–Crippen LogP) is 0.524. The largest absolute Gasteiger partial charge is 0.479 e. The average molecular weight is 236 g/mol. The van der Waals surface area contributed by atoms with Gasteiger partial charge in [0, 0.05) is 7.05 Å². The molecule has 2 rings (SSSR count). The summed E-state index contributed by atoms with van der Waals surface area (Å²) in [5.74, 6) is -0.289. The van der Waals surface area contributed by atoms with Crippen LogP contribution in [0.2, 0.25) is 0 Å². The second-order valence-electron chi connectivity index (χ2n) is 3.68. The monoisotopic (exact) mass is 236 g/mol. The third-order valence-corrected chi connectivity index (χ3v) is 2.31. The molecule has 7 nitrogen and oxygen atoms in total. The number of carboxylic acids is 1. The topological polar surface area (TPSA) is 90.1 Å². The van der Waals surface area contributed by atoms with E-state index in [9.17, 15) is 4.79 Å². The van der Waals surface area contributed by atoms with E-state index >= 15 is 0 Å². The van der Waals surface area contributed by atoms with E-state index in [2.05, 4.69) is 15.1 Å². The van der Waals surface area contributed by atoms with Gasteiger partial charge in [0.1, 0.15) is 11.2 Å². The Morgan fingerprint density at radius 3 is 2.88 bits per heavy atom. The van der Waals surface area contributed by atoms with Crippen molar-refractivity contribution in [1.29, 1.82) is 0 Å². The summed E-state index contributed by atoms with van der Waals surface area (Å²) >= 11 is 0. The summed E-state index contributed by atoms with van der Waals surface area (Å²) in [6.07, 6.45) is 0.589. The zero-order valence-corrected chi connectivity index (χ0v) is 9.71. The Balaban J connectivity index is 2.49. The van der Waals surface area contributed by atoms with Gasteiger partial charge in [-0.2, -0.15) is 10.1 Å². The van der Waals surface area contributed by atoms with Crippen LogP contribution >= 0.6 is 0 Å². The van der Waals surface area contributed by atoms with E-state index < -0.39 is 12.1 Å². The fourth-order valence-corrected chi connectivity index (χ4v) is 1.41. The summed E-state index contributed by atoms with van der Waals surface area (Å²) in [4.78, 5) is 19.0. The summed E-state index contributed by atoms with van der Waals surface area (Å²) in [6.45, 7) is 3.16. The molecule has 1 atom stereocenters. The van der Waals surface area contributed by atoms with Crippen molar-refractivity contribution in [3.05, 3.63) is 12.0 Å². The first-order chi connectivity index (χ1) is 7.99. The molecule has 0 amide bonds. The maximum absolute atomic E-state index is 10.7. The molecule has 0 bridgehead atoms. The van der Waals surface area contributed by atoms with Crippen LogP contribution in [0, 0.1) is 6.92 Å². The van der Waals surface area contributed by atoms with E-state index in [-0.39, 0.29) is 5.88 Å². The number of carbonyl (C=O) groups is 1. The van der Waals surface area contributed by atoms with E-state index in [1.54, 1.807) is 24.9 Å². The van der Waals surface area contributed by atoms with Crippen LogP contribution in [0.3, 0.4) is 0 Å². The second kappa shape index (κ2) is 4.00. The first kappa shape index (κ1) is 11.3. The summed E-state index contributed by atoms with van der Waals surface area (Å²) < 4.78 is 6.86. The zero-order chi connectivity index (χ0) is 12.6. The molecule has 0 saturated heterocycles. The highest BCUT2D eigenvalue weighted by molar-refractivity contribution is 5.81. The molecule has 1 unspecified atom stereocenters. The molecule has 0 aromatic carbocycles.